The van der Waals surface area contributed by atoms with E-state index in [0.717, 1.165) is 23.1 Å². The fraction of sp³-hybridized carbons (Fsp3) is 0.545. The first-order valence-electron chi connectivity index (χ1n) is 10.5. The van der Waals surface area contributed by atoms with Crippen LogP contribution in [0.2, 0.25) is 0 Å². The number of rotatable bonds is 3. The van der Waals surface area contributed by atoms with Crippen LogP contribution in [0.25, 0.3) is 10.2 Å². The normalized spacial score (nSPS) is 26.3. The van der Waals surface area contributed by atoms with E-state index in [1.807, 2.05) is 43.0 Å². The summed E-state index contributed by atoms with van der Waals surface area (Å²) in [6.45, 7) is 6.87. The molecule has 0 bridgehead atoms. The standard InChI is InChI=1S/C22H28N4O3S/c1-13-8-9-14(24-19(28)20-25-16-6-4-5-7-17(16)30-20)12-26(13)21(29)15-11-23-18(27)10-22(15,2)3/h4-7,13-15H,8-12H2,1-3H3,(H,23,27)(H,24,28). The van der Waals surface area contributed by atoms with Gasteiger partial charge in [-0.3, -0.25) is 14.4 Å². The molecule has 3 heterocycles. The van der Waals surface area contributed by atoms with Crippen molar-refractivity contribution in [3.63, 3.8) is 0 Å². The van der Waals surface area contributed by atoms with Gasteiger partial charge in [-0.2, -0.15) is 0 Å². The number of nitrogens with zero attached hydrogens (tertiary/aromatic N) is 2. The lowest BCUT2D eigenvalue weighted by atomic mass is 9.72. The van der Waals surface area contributed by atoms with Gasteiger partial charge in [0.1, 0.15) is 0 Å². The van der Waals surface area contributed by atoms with Crippen LogP contribution >= 0.6 is 11.3 Å². The highest BCUT2D eigenvalue weighted by molar-refractivity contribution is 7.20. The van der Waals surface area contributed by atoms with Crippen LogP contribution < -0.4 is 10.6 Å². The molecule has 3 amide bonds. The van der Waals surface area contributed by atoms with Crippen molar-refractivity contribution in [1.29, 1.82) is 0 Å². The third-order valence-corrected chi connectivity index (χ3v) is 7.38. The molecule has 160 valence electrons. The monoisotopic (exact) mass is 428 g/mol. The Morgan fingerprint density at radius 2 is 2.03 bits per heavy atom. The number of nitrogens with one attached hydrogen (secondary N) is 2. The summed E-state index contributed by atoms with van der Waals surface area (Å²) in [7, 11) is 0. The van der Waals surface area contributed by atoms with Crippen LogP contribution in [0, 0.1) is 11.3 Å². The highest BCUT2D eigenvalue weighted by atomic mass is 32.1. The highest BCUT2D eigenvalue weighted by Crippen LogP contribution is 2.35. The van der Waals surface area contributed by atoms with Gasteiger partial charge >= 0.3 is 0 Å². The minimum atomic E-state index is -0.379. The predicted molar refractivity (Wildman–Crippen MR) is 116 cm³/mol. The molecular formula is C22H28N4O3S. The lowest BCUT2D eigenvalue weighted by Crippen LogP contribution is -2.58. The molecular weight excluding hydrogens is 400 g/mol. The maximum atomic E-state index is 13.4. The van der Waals surface area contributed by atoms with Crippen LogP contribution in [0.4, 0.5) is 0 Å². The quantitative estimate of drug-likeness (QED) is 0.786. The fourth-order valence-electron chi connectivity index (χ4n) is 4.46. The number of thiazole rings is 1. The van der Waals surface area contributed by atoms with Gasteiger partial charge < -0.3 is 15.5 Å². The van der Waals surface area contributed by atoms with Crippen molar-refractivity contribution in [1.82, 2.24) is 20.5 Å². The van der Waals surface area contributed by atoms with E-state index in [4.69, 9.17) is 0 Å². The maximum Gasteiger partial charge on any atom is 0.280 e. The molecule has 7 nitrogen and oxygen atoms in total. The summed E-state index contributed by atoms with van der Waals surface area (Å²) in [6, 6.07) is 7.70. The number of fused-ring (bicyclic) bond motifs is 1. The van der Waals surface area contributed by atoms with Crippen molar-refractivity contribution in [2.24, 2.45) is 11.3 Å². The Balaban J connectivity index is 1.44. The maximum absolute atomic E-state index is 13.4. The predicted octanol–water partition coefficient (Wildman–Crippen LogP) is 2.57. The molecule has 3 unspecified atom stereocenters. The number of hydrogen-bond donors (Lipinski definition) is 2. The summed E-state index contributed by atoms with van der Waals surface area (Å²) < 4.78 is 0.985. The van der Waals surface area contributed by atoms with E-state index < -0.39 is 0 Å². The summed E-state index contributed by atoms with van der Waals surface area (Å²) in [6.07, 6.45) is 2.01. The van der Waals surface area contributed by atoms with E-state index >= 15 is 0 Å². The molecule has 2 saturated heterocycles. The number of benzene rings is 1. The third-order valence-electron chi connectivity index (χ3n) is 6.35. The van der Waals surface area contributed by atoms with Gasteiger partial charge in [-0.25, -0.2) is 4.98 Å². The molecule has 0 spiro atoms. The first kappa shape index (κ1) is 20.8. The summed E-state index contributed by atoms with van der Waals surface area (Å²) in [4.78, 5) is 44.2. The Bertz CT molecular complexity index is 953. The summed E-state index contributed by atoms with van der Waals surface area (Å²) in [5, 5.41) is 6.36. The molecule has 30 heavy (non-hydrogen) atoms. The molecule has 0 aliphatic carbocycles. The zero-order valence-electron chi connectivity index (χ0n) is 17.6. The van der Waals surface area contributed by atoms with Crippen molar-refractivity contribution >= 4 is 39.3 Å². The molecule has 3 atom stereocenters. The average Bonchev–Trinajstić information content (AvgIpc) is 3.12. The van der Waals surface area contributed by atoms with Gasteiger partial charge in [0.05, 0.1) is 16.1 Å². The lowest BCUT2D eigenvalue weighted by Gasteiger charge is -2.44. The van der Waals surface area contributed by atoms with Crippen molar-refractivity contribution < 1.29 is 14.4 Å². The SMILES string of the molecule is CC1CCC(NC(=O)c2nc3ccccc3s2)CN1C(=O)C1CNC(=O)CC1(C)C. The zero-order chi connectivity index (χ0) is 21.5. The molecule has 1 aromatic heterocycles. The minimum Gasteiger partial charge on any atom is -0.355 e. The minimum absolute atomic E-state index is 0.00304. The van der Waals surface area contributed by atoms with Gasteiger partial charge in [-0.05, 0) is 37.3 Å². The van der Waals surface area contributed by atoms with E-state index in [1.54, 1.807) is 0 Å². The van der Waals surface area contributed by atoms with E-state index in [2.05, 4.69) is 22.5 Å². The fourth-order valence-corrected chi connectivity index (χ4v) is 5.33. The van der Waals surface area contributed by atoms with Crippen LogP contribution in [0.1, 0.15) is 49.8 Å². The summed E-state index contributed by atoms with van der Waals surface area (Å²) >= 11 is 1.38. The van der Waals surface area contributed by atoms with Gasteiger partial charge in [0, 0.05) is 31.6 Å². The molecule has 4 rings (SSSR count). The second-order valence-electron chi connectivity index (χ2n) is 9.10. The molecule has 1 aromatic carbocycles. The van der Waals surface area contributed by atoms with Crippen LogP contribution in [-0.4, -0.2) is 52.8 Å². The smallest absolute Gasteiger partial charge is 0.280 e. The number of para-hydroxylation sites is 1. The molecule has 2 aromatic rings. The van der Waals surface area contributed by atoms with Crippen LogP contribution in [0.5, 0.6) is 0 Å². The summed E-state index contributed by atoms with van der Waals surface area (Å²) in [5.74, 6) is -0.382. The molecule has 0 saturated carbocycles. The largest absolute Gasteiger partial charge is 0.355 e. The Kier molecular flexibility index (Phi) is 5.53. The number of likely N-dealkylation sites (tertiary alicyclic amines) is 1. The Morgan fingerprint density at radius 3 is 2.77 bits per heavy atom. The first-order chi connectivity index (χ1) is 14.2. The van der Waals surface area contributed by atoms with Crippen molar-refractivity contribution in [3.05, 3.63) is 29.3 Å². The molecule has 0 radical (unpaired) electrons. The van der Waals surface area contributed by atoms with E-state index in [9.17, 15) is 14.4 Å². The number of carbonyl (C=O) groups is 3. The molecule has 2 aliphatic heterocycles. The summed E-state index contributed by atoms with van der Waals surface area (Å²) in [5.41, 5.74) is 0.444. The first-order valence-corrected chi connectivity index (χ1v) is 11.3. The molecule has 2 aliphatic rings. The molecule has 2 N–H and O–H groups in total. The van der Waals surface area contributed by atoms with E-state index in [-0.39, 0.29) is 41.1 Å². The van der Waals surface area contributed by atoms with Gasteiger partial charge in [0.25, 0.3) is 5.91 Å². The second-order valence-corrected chi connectivity index (χ2v) is 10.1. The highest BCUT2D eigenvalue weighted by Gasteiger charge is 2.44. The lowest BCUT2D eigenvalue weighted by molar-refractivity contribution is -0.146. The number of amides is 3. The van der Waals surface area contributed by atoms with Crippen LogP contribution in [0.15, 0.2) is 24.3 Å². The van der Waals surface area contributed by atoms with E-state index in [0.29, 0.717) is 24.5 Å². The van der Waals surface area contributed by atoms with E-state index in [1.165, 1.54) is 11.3 Å². The van der Waals surface area contributed by atoms with Crippen LogP contribution in [0.3, 0.4) is 0 Å². The number of aromatic nitrogens is 1. The molecule has 8 heteroatoms. The van der Waals surface area contributed by atoms with Gasteiger partial charge in [0.2, 0.25) is 11.8 Å². The van der Waals surface area contributed by atoms with Crippen LogP contribution in [-0.2, 0) is 9.59 Å². The molecule has 2 fully saturated rings. The average molecular weight is 429 g/mol. The van der Waals surface area contributed by atoms with Gasteiger partial charge in [-0.1, -0.05) is 26.0 Å². The van der Waals surface area contributed by atoms with Gasteiger partial charge in [0.15, 0.2) is 5.01 Å². The number of piperidine rings is 2. The Morgan fingerprint density at radius 1 is 1.27 bits per heavy atom. The van der Waals surface area contributed by atoms with Crippen molar-refractivity contribution in [2.75, 3.05) is 13.1 Å². The Labute approximate surface area is 180 Å². The topological polar surface area (TPSA) is 91.4 Å². The zero-order valence-corrected chi connectivity index (χ0v) is 18.4. The number of hydrogen-bond acceptors (Lipinski definition) is 5. The second kappa shape index (κ2) is 7.98. The Hall–Kier alpha value is -2.48. The van der Waals surface area contributed by atoms with Crippen molar-refractivity contribution in [2.45, 2.75) is 52.1 Å². The third kappa shape index (κ3) is 4.05. The van der Waals surface area contributed by atoms with Gasteiger partial charge in [-0.15, -0.1) is 11.3 Å². The number of carbonyl (C=O) groups excluding carboxylic acids is 3. The van der Waals surface area contributed by atoms with Crippen molar-refractivity contribution in [3.8, 4) is 0 Å².